The van der Waals surface area contributed by atoms with E-state index in [1.807, 2.05) is 19.1 Å². The third-order valence-corrected chi connectivity index (χ3v) is 5.59. The lowest BCUT2D eigenvalue weighted by molar-refractivity contribution is 0.251. The molecule has 0 saturated carbocycles. The number of guanidine groups is 1. The van der Waals surface area contributed by atoms with Crippen LogP contribution in [-0.4, -0.2) is 71.9 Å². The fraction of sp³-hybridized carbons (Fsp3) is 0.650. The van der Waals surface area contributed by atoms with Gasteiger partial charge in [-0.15, -0.1) is 24.0 Å². The fourth-order valence-electron chi connectivity index (χ4n) is 3.38. The SMILES string of the molecule is CCNC(=NCC(c1ccc(OC)cc1)N1CCCC1)NCCCNS(C)(=O)=O.I. The molecule has 172 valence electrons. The van der Waals surface area contributed by atoms with Gasteiger partial charge < -0.3 is 15.4 Å². The maximum atomic E-state index is 11.1. The van der Waals surface area contributed by atoms with Crippen molar-refractivity contribution in [3.63, 3.8) is 0 Å². The van der Waals surface area contributed by atoms with Gasteiger partial charge in [-0.25, -0.2) is 13.1 Å². The van der Waals surface area contributed by atoms with Gasteiger partial charge >= 0.3 is 0 Å². The van der Waals surface area contributed by atoms with Crippen LogP contribution in [0.2, 0.25) is 0 Å². The standard InChI is InChI=1S/C20H35N5O3S.HI/c1-4-21-20(22-12-7-13-24-29(3,26)27)23-16-19(25-14-5-6-15-25)17-8-10-18(28-2)11-9-17;/h8-11,19,24H,4-7,12-16H2,1-3H3,(H2,21,22,23);1H. The van der Waals surface area contributed by atoms with Crippen LogP contribution in [0, 0.1) is 0 Å². The average molecular weight is 554 g/mol. The number of hydrogen-bond donors (Lipinski definition) is 3. The second-order valence-corrected chi connectivity index (χ2v) is 9.03. The summed E-state index contributed by atoms with van der Waals surface area (Å²) in [5, 5.41) is 6.56. The van der Waals surface area contributed by atoms with Crippen LogP contribution >= 0.6 is 24.0 Å². The zero-order valence-corrected chi connectivity index (χ0v) is 21.3. The molecule has 3 N–H and O–H groups in total. The molecule has 1 aromatic rings. The van der Waals surface area contributed by atoms with Gasteiger partial charge in [0.05, 0.1) is 26.0 Å². The second kappa shape index (κ2) is 14.0. The molecule has 8 nitrogen and oxygen atoms in total. The molecule has 2 rings (SSSR count). The number of aliphatic imine (C=N–C) groups is 1. The number of nitrogens with one attached hydrogen (secondary N) is 3. The van der Waals surface area contributed by atoms with E-state index in [-0.39, 0.29) is 30.0 Å². The van der Waals surface area contributed by atoms with E-state index in [9.17, 15) is 8.42 Å². The highest BCUT2D eigenvalue weighted by molar-refractivity contribution is 14.0. The first-order valence-corrected chi connectivity index (χ1v) is 12.2. The molecule has 0 radical (unpaired) electrons. The van der Waals surface area contributed by atoms with Crippen LogP contribution < -0.4 is 20.1 Å². The molecule has 1 aromatic carbocycles. The van der Waals surface area contributed by atoms with Crippen LogP contribution in [0.1, 0.15) is 37.8 Å². The summed E-state index contributed by atoms with van der Waals surface area (Å²) in [5.41, 5.74) is 1.24. The molecule has 1 atom stereocenters. The Hall–Kier alpha value is -1.11. The van der Waals surface area contributed by atoms with Crippen LogP contribution in [0.25, 0.3) is 0 Å². The zero-order valence-electron chi connectivity index (χ0n) is 18.2. The molecule has 1 aliphatic heterocycles. The van der Waals surface area contributed by atoms with Crippen molar-refractivity contribution in [3.05, 3.63) is 29.8 Å². The maximum absolute atomic E-state index is 11.1. The largest absolute Gasteiger partial charge is 0.497 e. The molecule has 1 fully saturated rings. The summed E-state index contributed by atoms with van der Waals surface area (Å²) in [4.78, 5) is 7.30. The molecule has 1 heterocycles. The number of ether oxygens (including phenoxy) is 1. The van der Waals surface area contributed by atoms with Crippen LogP contribution in [0.5, 0.6) is 5.75 Å². The number of sulfonamides is 1. The second-order valence-electron chi connectivity index (χ2n) is 7.20. The highest BCUT2D eigenvalue weighted by Crippen LogP contribution is 2.27. The molecular weight excluding hydrogens is 517 g/mol. The van der Waals surface area contributed by atoms with E-state index in [0.717, 1.165) is 31.3 Å². The van der Waals surface area contributed by atoms with Gasteiger partial charge in [-0.2, -0.15) is 0 Å². The van der Waals surface area contributed by atoms with E-state index < -0.39 is 10.0 Å². The van der Waals surface area contributed by atoms with Crippen LogP contribution in [0.3, 0.4) is 0 Å². The van der Waals surface area contributed by atoms with Gasteiger partial charge in [-0.1, -0.05) is 12.1 Å². The van der Waals surface area contributed by atoms with E-state index >= 15 is 0 Å². The van der Waals surface area contributed by atoms with Crippen molar-refractivity contribution < 1.29 is 13.2 Å². The van der Waals surface area contributed by atoms with Gasteiger partial charge in [0.15, 0.2) is 5.96 Å². The lowest BCUT2D eigenvalue weighted by Gasteiger charge is -2.27. The van der Waals surface area contributed by atoms with Crippen molar-refractivity contribution in [2.45, 2.75) is 32.2 Å². The molecule has 1 aliphatic rings. The van der Waals surface area contributed by atoms with Gasteiger partial charge in [0.1, 0.15) is 5.75 Å². The molecule has 30 heavy (non-hydrogen) atoms. The van der Waals surface area contributed by atoms with E-state index in [2.05, 4.69) is 32.4 Å². The maximum Gasteiger partial charge on any atom is 0.208 e. The first-order valence-electron chi connectivity index (χ1n) is 10.3. The van der Waals surface area contributed by atoms with Crippen molar-refractivity contribution in [3.8, 4) is 5.75 Å². The van der Waals surface area contributed by atoms with Crippen LogP contribution in [0.15, 0.2) is 29.3 Å². The van der Waals surface area contributed by atoms with Crippen molar-refractivity contribution in [1.82, 2.24) is 20.3 Å². The Labute approximate surface area is 198 Å². The first-order chi connectivity index (χ1) is 13.9. The quantitative estimate of drug-likeness (QED) is 0.168. The van der Waals surface area contributed by atoms with Gasteiger partial charge in [-0.3, -0.25) is 9.89 Å². The van der Waals surface area contributed by atoms with Gasteiger partial charge in [0.2, 0.25) is 10.0 Å². The summed E-state index contributed by atoms with van der Waals surface area (Å²) in [6.07, 6.45) is 4.30. The van der Waals surface area contributed by atoms with Crippen molar-refractivity contribution >= 4 is 40.0 Å². The molecule has 10 heteroatoms. The highest BCUT2D eigenvalue weighted by atomic mass is 127. The van der Waals surface area contributed by atoms with Gasteiger partial charge in [0.25, 0.3) is 0 Å². The van der Waals surface area contributed by atoms with Crippen LogP contribution in [0.4, 0.5) is 0 Å². The third-order valence-electron chi connectivity index (χ3n) is 4.86. The van der Waals surface area contributed by atoms with Crippen LogP contribution in [-0.2, 0) is 10.0 Å². The Balaban J connectivity index is 0.00000450. The summed E-state index contributed by atoms with van der Waals surface area (Å²) >= 11 is 0. The Morgan fingerprint density at radius 1 is 1.17 bits per heavy atom. The lowest BCUT2D eigenvalue weighted by atomic mass is 10.1. The highest BCUT2D eigenvalue weighted by Gasteiger charge is 2.23. The monoisotopic (exact) mass is 553 g/mol. The number of halogens is 1. The van der Waals surface area contributed by atoms with E-state index in [1.54, 1.807) is 7.11 Å². The molecule has 1 unspecified atom stereocenters. The predicted octanol–water partition coefficient (Wildman–Crippen LogP) is 1.94. The normalized spacial score (nSPS) is 16.0. The number of nitrogens with zero attached hydrogens (tertiary/aromatic N) is 2. The average Bonchev–Trinajstić information content (AvgIpc) is 3.22. The molecule has 0 aliphatic carbocycles. The third kappa shape index (κ3) is 9.80. The Morgan fingerprint density at radius 2 is 1.83 bits per heavy atom. The minimum Gasteiger partial charge on any atom is -0.497 e. The molecular formula is C20H36IN5O3S. The smallest absolute Gasteiger partial charge is 0.208 e. The van der Waals surface area contributed by atoms with E-state index in [1.165, 1.54) is 24.7 Å². The first kappa shape index (κ1) is 26.9. The summed E-state index contributed by atoms with van der Waals surface area (Å²) in [6, 6.07) is 8.47. The Morgan fingerprint density at radius 3 is 2.40 bits per heavy atom. The van der Waals surface area contributed by atoms with E-state index in [4.69, 9.17) is 9.73 Å². The summed E-state index contributed by atoms with van der Waals surface area (Å²) < 4.78 is 30.0. The van der Waals surface area contributed by atoms with Gasteiger partial charge in [-0.05, 0) is 57.0 Å². The number of methoxy groups -OCH3 is 1. The minimum atomic E-state index is -3.14. The summed E-state index contributed by atoms with van der Waals surface area (Å²) in [6.45, 7) is 6.69. The Bertz CT molecular complexity index is 737. The summed E-state index contributed by atoms with van der Waals surface area (Å²) in [5.74, 6) is 1.61. The topological polar surface area (TPSA) is 95.1 Å². The van der Waals surface area contributed by atoms with Crippen molar-refractivity contribution in [1.29, 1.82) is 0 Å². The number of benzene rings is 1. The molecule has 0 spiro atoms. The lowest BCUT2D eigenvalue weighted by Crippen LogP contribution is -2.39. The van der Waals surface area contributed by atoms with Crippen molar-refractivity contribution in [2.24, 2.45) is 4.99 Å². The number of likely N-dealkylation sites (tertiary alicyclic amines) is 1. The van der Waals surface area contributed by atoms with E-state index in [0.29, 0.717) is 26.1 Å². The molecule has 1 saturated heterocycles. The molecule has 0 bridgehead atoms. The minimum absolute atomic E-state index is 0. The fourth-order valence-corrected chi connectivity index (χ4v) is 3.90. The zero-order chi connectivity index (χ0) is 21.1. The summed E-state index contributed by atoms with van der Waals surface area (Å²) in [7, 11) is -1.46. The predicted molar refractivity (Wildman–Crippen MR) is 133 cm³/mol. The van der Waals surface area contributed by atoms with Gasteiger partial charge in [0, 0.05) is 19.6 Å². The molecule has 0 amide bonds. The number of hydrogen-bond acceptors (Lipinski definition) is 5. The van der Waals surface area contributed by atoms with Crippen molar-refractivity contribution in [2.75, 3.05) is 52.6 Å². The Kier molecular flexibility index (Phi) is 12.6. The number of rotatable bonds is 11. The molecule has 0 aromatic heterocycles.